The Kier molecular flexibility index (Phi) is 6.31. The average Bonchev–Trinajstić information content (AvgIpc) is 3.04. The van der Waals surface area contributed by atoms with Gasteiger partial charge in [-0.2, -0.15) is 5.10 Å². The van der Waals surface area contributed by atoms with Crippen LogP contribution in [0, 0.1) is 5.92 Å². The van der Waals surface area contributed by atoms with E-state index in [1.54, 1.807) is 19.2 Å². The van der Waals surface area contributed by atoms with E-state index in [4.69, 9.17) is 11.6 Å². The molecule has 3 rings (SSSR count). The summed E-state index contributed by atoms with van der Waals surface area (Å²) in [5.74, 6) is 0.205. The zero-order valence-corrected chi connectivity index (χ0v) is 17.0. The second-order valence-electron chi connectivity index (χ2n) is 7.24. The first-order chi connectivity index (χ1) is 13.3. The van der Waals surface area contributed by atoms with Gasteiger partial charge in [0.15, 0.2) is 0 Å². The summed E-state index contributed by atoms with van der Waals surface area (Å²) < 4.78 is 1.49. The van der Waals surface area contributed by atoms with Crippen molar-refractivity contribution in [2.75, 3.05) is 23.7 Å². The van der Waals surface area contributed by atoms with Gasteiger partial charge in [0.05, 0.1) is 11.2 Å². The average molecular weight is 405 g/mol. The number of rotatable bonds is 5. The van der Waals surface area contributed by atoms with Crippen LogP contribution in [-0.2, 0) is 11.8 Å². The maximum Gasteiger partial charge on any atom is 0.262 e. The molecule has 0 unspecified atom stereocenters. The van der Waals surface area contributed by atoms with Gasteiger partial charge in [0.2, 0.25) is 5.91 Å². The Morgan fingerprint density at radius 3 is 2.50 bits per heavy atom. The van der Waals surface area contributed by atoms with Gasteiger partial charge in [-0.15, -0.1) is 0 Å². The number of piperidine rings is 1. The Balaban J connectivity index is 1.66. The van der Waals surface area contributed by atoms with Crippen LogP contribution in [0.1, 0.15) is 37.0 Å². The van der Waals surface area contributed by atoms with Crippen LogP contribution in [0.4, 0.5) is 11.6 Å². The molecule has 0 atom stereocenters. The molecule has 2 amide bonds. The number of hydrogen-bond donors (Lipinski definition) is 2. The number of carbonyl (C=O) groups excluding carboxylic acids is 2. The maximum absolute atomic E-state index is 12.7. The van der Waals surface area contributed by atoms with Crippen molar-refractivity contribution >= 4 is 35.1 Å². The molecule has 150 valence electrons. The van der Waals surface area contributed by atoms with Crippen LogP contribution >= 0.6 is 11.6 Å². The van der Waals surface area contributed by atoms with Crippen molar-refractivity contribution in [2.45, 2.75) is 32.7 Å². The highest BCUT2D eigenvalue weighted by atomic mass is 35.5. The van der Waals surface area contributed by atoms with Crippen molar-refractivity contribution in [3.05, 3.63) is 35.1 Å². The molecule has 28 heavy (non-hydrogen) atoms. The topological polar surface area (TPSA) is 92.2 Å². The highest BCUT2D eigenvalue weighted by Gasteiger charge is 2.28. The lowest BCUT2D eigenvalue weighted by Crippen LogP contribution is -2.41. The summed E-state index contributed by atoms with van der Waals surface area (Å²) in [4.78, 5) is 31.8. The number of nitrogens with zero attached hydrogens (tertiary/aromatic N) is 4. The van der Waals surface area contributed by atoms with E-state index in [9.17, 15) is 9.59 Å². The molecule has 0 spiro atoms. The van der Waals surface area contributed by atoms with Crippen LogP contribution in [0.25, 0.3) is 0 Å². The molecule has 1 saturated heterocycles. The third-order valence-electron chi connectivity index (χ3n) is 5.02. The van der Waals surface area contributed by atoms with Crippen LogP contribution in [0.3, 0.4) is 0 Å². The molecule has 2 aromatic rings. The SMILES string of the molecule is CC(C)N1CCC(C(=O)Nc2c(C(=O)Nc3ccc(Cl)cn3)cnn2C)CC1. The minimum atomic E-state index is -0.396. The van der Waals surface area contributed by atoms with Crippen molar-refractivity contribution in [1.29, 1.82) is 0 Å². The van der Waals surface area contributed by atoms with E-state index in [-0.39, 0.29) is 17.4 Å². The summed E-state index contributed by atoms with van der Waals surface area (Å²) in [6, 6.07) is 3.73. The Hall–Kier alpha value is -2.45. The van der Waals surface area contributed by atoms with Crippen molar-refractivity contribution in [1.82, 2.24) is 19.7 Å². The zero-order valence-electron chi connectivity index (χ0n) is 16.3. The lowest BCUT2D eigenvalue weighted by molar-refractivity contribution is -0.121. The standard InChI is InChI=1S/C19H25ClN6O2/c1-12(2)26-8-6-13(7-9-26)18(27)24-17-15(11-22-25(17)3)19(28)23-16-5-4-14(20)10-21-16/h4-5,10-13H,6-9H2,1-3H3,(H,24,27)(H,21,23,28). The van der Waals surface area contributed by atoms with Gasteiger partial charge < -0.3 is 15.5 Å². The first-order valence-electron chi connectivity index (χ1n) is 9.35. The number of aryl methyl sites for hydroxylation is 1. The number of pyridine rings is 1. The van der Waals surface area contributed by atoms with E-state index in [0.717, 1.165) is 25.9 Å². The Labute approximate surface area is 169 Å². The van der Waals surface area contributed by atoms with Gasteiger partial charge in [-0.25, -0.2) is 4.98 Å². The Bertz CT molecular complexity index is 841. The van der Waals surface area contributed by atoms with Gasteiger partial charge in [0.1, 0.15) is 17.2 Å². The first-order valence-corrected chi connectivity index (χ1v) is 9.72. The largest absolute Gasteiger partial charge is 0.310 e. The second kappa shape index (κ2) is 8.70. The maximum atomic E-state index is 12.7. The molecule has 1 fully saturated rings. The molecule has 0 aliphatic carbocycles. The smallest absolute Gasteiger partial charge is 0.262 e. The van der Waals surface area contributed by atoms with E-state index in [1.807, 2.05) is 0 Å². The third-order valence-corrected chi connectivity index (χ3v) is 5.25. The predicted octanol–water partition coefficient (Wildman–Crippen LogP) is 2.78. The van der Waals surface area contributed by atoms with E-state index >= 15 is 0 Å². The highest BCUT2D eigenvalue weighted by molar-refractivity contribution is 6.30. The number of anilines is 2. The molecular formula is C19H25ClN6O2. The number of hydrogen-bond acceptors (Lipinski definition) is 5. The van der Waals surface area contributed by atoms with Crippen LogP contribution < -0.4 is 10.6 Å². The number of likely N-dealkylation sites (tertiary alicyclic amines) is 1. The molecule has 1 aliphatic rings. The molecule has 9 heteroatoms. The predicted molar refractivity (Wildman–Crippen MR) is 108 cm³/mol. The molecule has 3 heterocycles. The highest BCUT2D eigenvalue weighted by Crippen LogP contribution is 2.23. The minimum Gasteiger partial charge on any atom is -0.310 e. The van der Waals surface area contributed by atoms with Gasteiger partial charge in [-0.05, 0) is 51.9 Å². The monoisotopic (exact) mass is 404 g/mol. The first kappa shape index (κ1) is 20.3. The number of amides is 2. The molecular weight excluding hydrogens is 380 g/mol. The second-order valence-corrected chi connectivity index (χ2v) is 7.68. The fourth-order valence-electron chi connectivity index (χ4n) is 3.28. The summed E-state index contributed by atoms with van der Waals surface area (Å²) in [5.41, 5.74) is 0.284. The summed E-state index contributed by atoms with van der Waals surface area (Å²) in [6.45, 7) is 6.13. The molecule has 8 nitrogen and oxygen atoms in total. The minimum absolute atomic E-state index is 0.0706. The van der Waals surface area contributed by atoms with Gasteiger partial charge in [-0.1, -0.05) is 11.6 Å². The molecule has 0 radical (unpaired) electrons. The molecule has 0 bridgehead atoms. The van der Waals surface area contributed by atoms with Gasteiger partial charge >= 0.3 is 0 Å². The molecule has 0 aromatic carbocycles. The summed E-state index contributed by atoms with van der Waals surface area (Å²) in [5, 5.41) is 10.2. The van der Waals surface area contributed by atoms with Crippen molar-refractivity contribution in [3.8, 4) is 0 Å². The Morgan fingerprint density at radius 2 is 1.89 bits per heavy atom. The lowest BCUT2D eigenvalue weighted by atomic mass is 9.95. The summed E-state index contributed by atoms with van der Waals surface area (Å²) >= 11 is 5.81. The number of halogens is 1. The zero-order chi connectivity index (χ0) is 20.3. The fourth-order valence-corrected chi connectivity index (χ4v) is 3.39. The van der Waals surface area contributed by atoms with Crippen molar-refractivity contribution < 1.29 is 9.59 Å². The Morgan fingerprint density at radius 1 is 1.18 bits per heavy atom. The van der Waals surface area contributed by atoms with Crippen LogP contribution in [0.15, 0.2) is 24.5 Å². The van der Waals surface area contributed by atoms with Gasteiger partial charge in [0.25, 0.3) is 5.91 Å². The van der Waals surface area contributed by atoms with Crippen LogP contribution in [0.2, 0.25) is 5.02 Å². The fraction of sp³-hybridized carbons (Fsp3) is 0.474. The molecule has 1 aliphatic heterocycles. The van der Waals surface area contributed by atoms with Crippen molar-refractivity contribution in [3.63, 3.8) is 0 Å². The molecule has 0 saturated carbocycles. The van der Waals surface area contributed by atoms with Gasteiger partial charge in [-0.3, -0.25) is 14.3 Å². The number of carbonyl (C=O) groups is 2. The van der Waals surface area contributed by atoms with E-state index in [0.29, 0.717) is 22.7 Å². The van der Waals surface area contributed by atoms with Gasteiger partial charge in [0, 0.05) is 25.2 Å². The molecule has 2 N–H and O–H groups in total. The van der Waals surface area contributed by atoms with E-state index in [1.165, 1.54) is 17.1 Å². The van der Waals surface area contributed by atoms with Crippen molar-refractivity contribution in [2.24, 2.45) is 13.0 Å². The van der Waals surface area contributed by atoms with E-state index < -0.39 is 5.91 Å². The quantitative estimate of drug-likeness (QED) is 0.799. The summed E-state index contributed by atoms with van der Waals surface area (Å²) in [6.07, 6.45) is 4.49. The third kappa shape index (κ3) is 4.69. The van der Waals surface area contributed by atoms with Crippen LogP contribution in [-0.4, -0.2) is 50.6 Å². The number of nitrogens with one attached hydrogen (secondary N) is 2. The van der Waals surface area contributed by atoms with E-state index in [2.05, 4.69) is 39.5 Å². The summed E-state index contributed by atoms with van der Waals surface area (Å²) in [7, 11) is 1.69. The molecule has 2 aromatic heterocycles. The normalized spacial score (nSPS) is 15.6. The van der Waals surface area contributed by atoms with Crippen LogP contribution in [0.5, 0.6) is 0 Å². The lowest BCUT2D eigenvalue weighted by Gasteiger charge is -2.33. The number of aromatic nitrogens is 3.